The maximum absolute atomic E-state index is 13.8. The number of hydrogen-bond donors (Lipinski definition) is 7. The molecule has 0 unspecified atom stereocenters. The van der Waals surface area contributed by atoms with Crippen LogP contribution in [0.1, 0.15) is 31.9 Å². The van der Waals surface area contributed by atoms with Crippen molar-refractivity contribution in [2.24, 2.45) is 5.73 Å². The number of carbonyl (C=O) groups is 5. The number of carbonyl (C=O) groups excluding carboxylic acids is 5. The lowest BCUT2D eigenvalue weighted by Crippen LogP contribution is -2.58. The normalized spacial score (nSPS) is 14.0. The fourth-order valence-corrected chi connectivity index (χ4v) is 4.78. The SMILES string of the molecule is CC(=O)N[C@@H](C)C(=O)N[C@@H](Cc1c[nH]c2ccccc12)C(=O)N[C@@H](Cc1c[nH]c2ccccc12)C(=O)N[C@@H](C)C(N)=O. The summed E-state index contributed by atoms with van der Waals surface area (Å²) in [5, 5.41) is 12.3. The molecule has 4 aromatic rings. The van der Waals surface area contributed by atoms with E-state index in [1.165, 1.54) is 20.8 Å². The molecule has 5 amide bonds. The van der Waals surface area contributed by atoms with Crippen molar-refractivity contribution in [1.82, 2.24) is 31.2 Å². The number of aromatic amines is 2. The summed E-state index contributed by atoms with van der Waals surface area (Å²) in [6.07, 6.45) is 3.73. The molecule has 0 spiro atoms. The van der Waals surface area contributed by atoms with Crippen molar-refractivity contribution >= 4 is 51.3 Å². The molecule has 0 aliphatic carbocycles. The van der Waals surface area contributed by atoms with Gasteiger partial charge in [-0.2, -0.15) is 0 Å². The van der Waals surface area contributed by atoms with E-state index >= 15 is 0 Å². The van der Waals surface area contributed by atoms with Crippen LogP contribution in [0.25, 0.3) is 21.8 Å². The number of rotatable bonds is 12. The van der Waals surface area contributed by atoms with E-state index in [2.05, 4.69) is 31.2 Å². The topological polar surface area (TPSA) is 191 Å². The zero-order valence-electron chi connectivity index (χ0n) is 23.6. The molecule has 8 N–H and O–H groups in total. The van der Waals surface area contributed by atoms with Crippen molar-refractivity contribution in [2.45, 2.75) is 57.8 Å². The van der Waals surface area contributed by atoms with Gasteiger partial charge in [0.15, 0.2) is 0 Å². The first-order chi connectivity index (χ1) is 20.0. The highest BCUT2D eigenvalue weighted by atomic mass is 16.2. The summed E-state index contributed by atoms with van der Waals surface area (Å²) in [5.74, 6) is -2.91. The average molecular weight is 574 g/mol. The number of H-pyrrole nitrogens is 2. The Balaban J connectivity index is 1.62. The Morgan fingerprint density at radius 1 is 0.667 bits per heavy atom. The summed E-state index contributed by atoms with van der Waals surface area (Å²) in [4.78, 5) is 69.6. The van der Waals surface area contributed by atoms with Crippen LogP contribution in [0.4, 0.5) is 0 Å². The first-order valence-electron chi connectivity index (χ1n) is 13.6. The molecular formula is C30H35N7O5. The highest BCUT2D eigenvalue weighted by molar-refractivity contribution is 5.96. The molecule has 220 valence electrons. The Bertz CT molecular complexity index is 1620. The standard InChI is InChI=1S/C30H35N7O5/c1-16(27(31)39)35-29(41)25(12-19-14-32-23-10-6-4-8-21(19)23)37-30(42)26(36-28(40)17(2)34-18(3)38)13-20-15-33-24-11-7-5-9-22(20)24/h4-11,14-17,25-26,32-33H,12-13H2,1-3H3,(H2,31,39)(H,34,38)(H,35,41)(H,36,40)(H,37,42)/t16-,17-,25-,26-/m0/s1. The van der Waals surface area contributed by atoms with E-state index < -0.39 is 53.7 Å². The number of hydrogen-bond acceptors (Lipinski definition) is 5. The molecule has 4 rings (SSSR count). The van der Waals surface area contributed by atoms with Gasteiger partial charge in [-0.05, 0) is 37.1 Å². The van der Waals surface area contributed by atoms with Gasteiger partial charge in [0.05, 0.1) is 0 Å². The molecule has 0 saturated heterocycles. The first kappa shape index (κ1) is 29.8. The van der Waals surface area contributed by atoms with Crippen LogP contribution < -0.4 is 27.0 Å². The van der Waals surface area contributed by atoms with Crippen LogP contribution in [-0.2, 0) is 36.8 Å². The lowest BCUT2D eigenvalue weighted by molar-refractivity contribution is -0.134. The molecule has 2 aromatic carbocycles. The molecule has 2 heterocycles. The number of nitrogens with one attached hydrogen (secondary N) is 6. The summed E-state index contributed by atoms with van der Waals surface area (Å²) in [7, 11) is 0. The number of fused-ring (bicyclic) bond motifs is 2. The zero-order valence-corrected chi connectivity index (χ0v) is 23.6. The predicted octanol–water partition coefficient (Wildman–Crippen LogP) is 0.919. The van der Waals surface area contributed by atoms with Gasteiger partial charge in [0.1, 0.15) is 24.2 Å². The van der Waals surface area contributed by atoms with Crippen LogP contribution >= 0.6 is 0 Å². The van der Waals surface area contributed by atoms with Crippen LogP contribution in [0.15, 0.2) is 60.9 Å². The van der Waals surface area contributed by atoms with E-state index in [-0.39, 0.29) is 12.8 Å². The van der Waals surface area contributed by atoms with Crippen molar-refractivity contribution < 1.29 is 24.0 Å². The Morgan fingerprint density at radius 2 is 1.12 bits per heavy atom. The molecule has 12 nitrogen and oxygen atoms in total. The van der Waals surface area contributed by atoms with Crippen molar-refractivity contribution in [3.05, 3.63) is 72.1 Å². The van der Waals surface area contributed by atoms with Crippen LogP contribution in [0.5, 0.6) is 0 Å². The van der Waals surface area contributed by atoms with E-state index in [1.54, 1.807) is 12.4 Å². The largest absolute Gasteiger partial charge is 0.368 e. The molecule has 42 heavy (non-hydrogen) atoms. The fourth-order valence-electron chi connectivity index (χ4n) is 4.78. The van der Waals surface area contributed by atoms with Gasteiger partial charge in [-0.25, -0.2) is 0 Å². The van der Waals surface area contributed by atoms with Crippen LogP contribution in [0, 0.1) is 0 Å². The molecule has 2 aromatic heterocycles. The third-order valence-corrected chi connectivity index (χ3v) is 7.06. The number of amides is 5. The maximum Gasteiger partial charge on any atom is 0.243 e. The van der Waals surface area contributed by atoms with Gasteiger partial charge in [-0.3, -0.25) is 24.0 Å². The molecule has 12 heteroatoms. The molecule has 4 atom stereocenters. The summed E-state index contributed by atoms with van der Waals surface area (Å²) >= 11 is 0. The zero-order chi connectivity index (χ0) is 30.4. The monoisotopic (exact) mass is 573 g/mol. The number of primary amides is 1. The van der Waals surface area contributed by atoms with Crippen molar-refractivity contribution in [3.63, 3.8) is 0 Å². The number of para-hydroxylation sites is 2. The lowest BCUT2D eigenvalue weighted by atomic mass is 10.0. The van der Waals surface area contributed by atoms with Crippen molar-refractivity contribution in [1.29, 1.82) is 0 Å². The third kappa shape index (κ3) is 7.14. The summed E-state index contributed by atoms with van der Waals surface area (Å²) in [6.45, 7) is 4.26. The molecule has 0 saturated carbocycles. The van der Waals surface area contributed by atoms with Gasteiger partial charge in [0.2, 0.25) is 29.5 Å². The molecule has 0 aliphatic heterocycles. The Hall–Kier alpha value is -5.13. The van der Waals surface area contributed by atoms with Crippen LogP contribution in [0.2, 0.25) is 0 Å². The Labute approximate surface area is 242 Å². The second kappa shape index (κ2) is 13.0. The van der Waals surface area contributed by atoms with Gasteiger partial charge in [0, 0.05) is 54.0 Å². The minimum atomic E-state index is -1.10. The van der Waals surface area contributed by atoms with E-state index in [4.69, 9.17) is 5.73 Å². The first-order valence-corrected chi connectivity index (χ1v) is 13.6. The van der Waals surface area contributed by atoms with Gasteiger partial charge in [0.25, 0.3) is 0 Å². The highest BCUT2D eigenvalue weighted by Crippen LogP contribution is 2.21. The number of nitrogens with two attached hydrogens (primary N) is 1. The smallest absolute Gasteiger partial charge is 0.243 e. The molecule has 0 aliphatic rings. The Kier molecular flexibility index (Phi) is 9.25. The molecule has 0 radical (unpaired) electrons. The van der Waals surface area contributed by atoms with E-state index in [9.17, 15) is 24.0 Å². The second-order valence-corrected chi connectivity index (χ2v) is 10.3. The molecule has 0 fully saturated rings. The average Bonchev–Trinajstić information content (AvgIpc) is 3.55. The van der Waals surface area contributed by atoms with Crippen LogP contribution in [-0.4, -0.2) is 63.7 Å². The van der Waals surface area contributed by atoms with Crippen molar-refractivity contribution in [2.75, 3.05) is 0 Å². The number of aromatic nitrogens is 2. The highest BCUT2D eigenvalue weighted by Gasteiger charge is 2.30. The predicted molar refractivity (Wildman–Crippen MR) is 158 cm³/mol. The van der Waals surface area contributed by atoms with Gasteiger partial charge >= 0.3 is 0 Å². The van der Waals surface area contributed by atoms with Crippen LogP contribution in [0.3, 0.4) is 0 Å². The Morgan fingerprint density at radius 3 is 1.60 bits per heavy atom. The second-order valence-electron chi connectivity index (χ2n) is 10.3. The van der Waals surface area contributed by atoms with Crippen molar-refractivity contribution in [3.8, 4) is 0 Å². The van der Waals surface area contributed by atoms with E-state index in [0.29, 0.717) is 0 Å². The van der Waals surface area contributed by atoms with Gasteiger partial charge in [-0.15, -0.1) is 0 Å². The summed E-state index contributed by atoms with van der Waals surface area (Å²) in [6, 6.07) is 11.0. The van der Waals surface area contributed by atoms with Gasteiger partial charge in [-0.1, -0.05) is 36.4 Å². The minimum absolute atomic E-state index is 0.100. The van der Waals surface area contributed by atoms with E-state index in [0.717, 1.165) is 32.9 Å². The lowest BCUT2D eigenvalue weighted by Gasteiger charge is -2.25. The minimum Gasteiger partial charge on any atom is -0.368 e. The molecular weight excluding hydrogens is 538 g/mol. The van der Waals surface area contributed by atoms with E-state index in [1.807, 2.05) is 48.5 Å². The quantitative estimate of drug-likeness (QED) is 0.132. The summed E-state index contributed by atoms with van der Waals surface area (Å²) in [5.41, 5.74) is 8.63. The fraction of sp³-hybridized carbons (Fsp3) is 0.300. The third-order valence-electron chi connectivity index (χ3n) is 7.06. The van der Waals surface area contributed by atoms with Gasteiger partial charge < -0.3 is 37.0 Å². The molecule has 0 bridgehead atoms. The number of benzene rings is 2. The maximum atomic E-state index is 13.8. The summed E-state index contributed by atoms with van der Waals surface area (Å²) < 4.78 is 0.